The summed E-state index contributed by atoms with van der Waals surface area (Å²) < 4.78 is 0. The number of aliphatic imine (C=N–C) groups is 1. The Hall–Kier alpha value is -2.77. The second-order valence-electron chi connectivity index (χ2n) is 6.69. The second kappa shape index (κ2) is 7.24. The number of amidine groups is 1. The highest BCUT2D eigenvalue weighted by Gasteiger charge is 2.38. The first kappa shape index (κ1) is 18.3. The summed E-state index contributed by atoms with van der Waals surface area (Å²) in [7, 11) is 2.01. The van der Waals surface area contributed by atoms with E-state index in [1.807, 2.05) is 56.4 Å². The van der Waals surface area contributed by atoms with Gasteiger partial charge in [0.2, 0.25) is 0 Å². The number of carbonyl (C=O) groups is 1. The number of amides is 1. The maximum absolute atomic E-state index is 13.1. The Bertz CT molecular complexity index is 1200. The van der Waals surface area contributed by atoms with Crippen molar-refractivity contribution in [2.45, 2.75) is 11.8 Å². The van der Waals surface area contributed by atoms with Gasteiger partial charge in [-0.05, 0) is 55.1 Å². The Balaban J connectivity index is 1.54. The van der Waals surface area contributed by atoms with E-state index < -0.39 is 0 Å². The van der Waals surface area contributed by atoms with Crippen LogP contribution in [0.5, 0.6) is 0 Å². The molecule has 3 aromatic rings. The molecule has 3 heterocycles. The molecule has 29 heavy (non-hydrogen) atoms. The summed E-state index contributed by atoms with van der Waals surface area (Å²) in [4.78, 5) is 28.1. The van der Waals surface area contributed by atoms with Gasteiger partial charge in [-0.1, -0.05) is 30.0 Å². The highest BCUT2D eigenvalue weighted by Crippen LogP contribution is 2.49. The summed E-state index contributed by atoms with van der Waals surface area (Å²) in [5, 5.41) is 2.72. The molecule has 144 valence electrons. The fourth-order valence-corrected chi connectivity index (χ4v) is 5.85. The van der Waals surface area contributed by atoms with Crippen molar-refractivity contribution in [3.8, 4) is 0 Å². The summed E-state index contributed by atoms with van der Waals surface area (Å²) >= 11 is 3.09. The Kier molecular flexibility index (Phi) is 4.56. The Labute approximate surface area is 177 Å². The monoisotopic (exact) mass is 418 g/mol. The number of pyridine rings is 1. The van der Waals surface area contributed by atoms with E-state index >= 15 is 0 Å². The average Bonchev–Trinajstić information content (AvgIpc) is 3.24. The van der Waals surface area contributed by atoms with Crippen molar-refractivity contribution in [3.05, 3.63) is 70.7 Å². The number of rotatable bonds is 2. The normalized spacial score (nSPS) is 20.2. The highest BCUT2D eigenvalue weighted by molar-refractivity contribution is 8.19. The first-order valence-corrected chi connectivity index (χ1v) is 11.0. The number of hydrogen-bond acceptors (Lipinski definition) is 6. The van der Waals surface area contributed by atoms with Gasteiger partial charge >= 0.3 is 0 Å². The zero-order valence-electron chi connectivity index (χ0n) is 16.0. The highest BCUT2D eigenvalue weighted by atomic mass is 32.2. The standard InChI is InChI=1S/C22H18N4OS2/c1-3-26-20(27)19(21-25(2)17-8-4-5-9-18(17)28-21)29-22(26)24-15-10-11-16-14(13-15)7-6-12-23-16/h4-13H,3H2,1-2H3/b21-19+,24-22?. The number of para-hydroxylation sites is 1. The summed E-state index contributed by atoms with van der Waals surface area (Å²) in [6.45, 7) is 2.56. The van der Waals surface area contributed by atoms with Crippen molar-refractivity contribution in [2.24, 2.45) is 4.99 Å². The summed E-state index contributed by atoms with van der Waals surface area (Å²) in [6.07, 6.45) is 1.78. The third-order valence-corrected chi connectivity index (χ3v) is 7.36. The van der Waals surface area contributed by atoms with Crippen LogP contribution in [-0.2, 0) is 4.79 Å². The molecule has 2 aromatic carbocycles. The molecule has 5 rings (SSSR count). The molecular weight excluding hydrogens is 400 g/mol. The van der Waals surface area contributed by atoms with Gasteiger partial charge in [-0.3, -0.25) is 14.7 Å². The molecule has 2 aliphatic heterocycles. The fourth-order valence-electron chi connectivity index (χ4n) is 3.44. The van der Waals surface area contributed by atoms with Crippen molar-refractivity contribution in [1.82, 2.24) is 9.88 Å². The number of hydrogen-bond donors (Lipinski definition) is 0. The number of carbonyl (C=O) groups excluding carboxylic acids is 1. The summed E-state index contributed by atoms with van der Waals surface area (Å²) in [6, 6.07) is 18.1. The number of aromatic nitrogens is 1. The zero-order chi connectivity index (χ0) is 20.0. The van der Waals surface area contributed by atoms with Crippen molar-refractivity contribution in [1.29, 1.82) is 0 Å². The lowest BCUT2D eigenvalue weighted by Crippen LogP contribution is -2.29. The topological polar surface area (TPSA) is 48.8 Å². The van der Waals surface area contributed by atoms with Gasteiger partial charge in [-0.25, -0.2) is 4.99 Å². The molecule has 5 nitrogen and oxygen atoms in total. The lowest BCUT2D eigenvalue weighted by atomic mass is 10.2. The van der Waals surface area contributed by atoms with Crippen LogP contribution in [0.1, 0.15) is 6.92 Å². The van der Waals surface area contributed by atoms with Crippen LogP contribution in [0.4, 0.5) is 11.4 Å². The number of nitrogens with zero attached hydrogens (tertiary/aromatic N) is 4. The molecule has 1 amide bonds. The molecule has 1 fully saturated rings. The lowest BCUT2D eigenvalue weighted by molar-refractivity contribution is -0.122. The molecule has 0 bridgehead atoms. The Morgan fingerprint density at radius 1 is 1.07 bits per heavy atom. The van der Waals surface area contributed by atoms with Gasteiger partial charge in [0.25, 0.3) is 5.91 Å². The van der Waals surface area contributed by atoms with Crippen LogP contribution in [-0.4, -0.2) is 34.6 Å². The van der Waals surface area contributed by atoms with E-state index in [-0.39, 0.29) is 5.91 Å². The van der Waals surface area contributed by atoms with E-state index in [9.17, 15) is 4.79 Å². The third kappa shape index (κ3) is 3.10. The molecule has 2 aliphatic rings. The molecule has 1 aromatic heterocycles. The molecule has 0 unspecified atom stereocenters. The molecule has 0 atom stereocenters. The molecule has 0 spiro atoms. The Morgan fingerprint density at radius 2 is 1.93 bits per heavy atom. The van der Waals surface area contributed by atoms with E-state index in [4.69, 9.17) is 4.99 Å². The zero-order valence-corrected chi connectivity index (χ0v) is 17.6. The number of likely N-dealkylation sites (N-methyl/N-ethyl adjacent to an activating group) is 1. The minimum Gasteiger partial charge on any atom is -0.337 e. The van der Waals surface area contributed by atoms with Gasteiger partial charge in [0, 0.05) is 30.1 Å². The quantitative estimate of drug-likeness (QED) is 0.534. The van der Waals surface area contributed by atoms with Crippen LogP contribution < -0.4 is 4.90 Å². The third-order valence-electron chi connectivity index (χ3n) is 4.92. The smallest absolute Gasteiger partial charge is 0.269 e. The van der Waals surface area contributed by atoms with Crippen LogP contribution in [0.15, 0.2) is 80.6 Å². The number of benzene rings is 2. The van der Waals surface area contributed by atoms with Crippen molar-refractivity contribution >= 4 is 56.9 Å². The van der Waals surface area contributed by atoms with Crippen molar-refractivity contribution in [3.63, 3.8) is 0 Å². The second-order valence-corrected chi connectivity index (χ2v) is 8.70. The van der Waals surface area contributed by atoms with Crippen LogP contribution >= 0.6 is 23.5 Å². The van der Waals surface area contributed by atoms with E-state index in [0.29, 0.717) is 11.7 Å². The number of fused-ring (bicyclic) bond motifs is 2. The Morgan fingerprint density at radius 3 is 2.76 bits per heavy atom. The maximum Gasteiger partial charge on any atom is 0.269 e. The van der Waals surface area contributed by atoms with Crippen molar-refractivity contribution < 1.29 is 4.79 Å². The fraction of sp³-hybridized carbons (Fsp3) is 0.136. The van der Waals surface area contributed by atoms with Gasteiger partial charge < -0.3 is 4.90 Å². The van der Waals surface area contributed by atoms with Gasteiger partial charge in [0.15, 0.2) is 5.17 Å². The van der Waals surface area contributed by atoms with Crippen LogP contribution in [0, 0.1) is 0 Å². The SMILES string of the molecule is CCN1C(=O)/C(=C2\Sc3ccccc3N2C)SC1=Nc1ccc2ncccc2c1. The average molecular weight is 419 g/mol. The minimum absolute atomic E-state index is 0.0147. The van der Waals surface area contributed by atoms with Crippen molar-refractivity contribution in [2.75, 3.05) is 18.5 Å². The molecule has 7 heteroatoms. The summed E-state index contributed by atoms with van der Waals surface area (Å²) in [5.74, 6) is 0.0147. The largest absolute Gasteiger partial charge is 0.337 e. The first-order valence-electron chi connectivity index (χ1n) is 9.34. The van der Waals surface area contributed by atoms with E-state index in [0.717, 1.165) is 32.2 Å². The van der Waals surface area contributed by atoms with E-state index in [2.05, 4.69) is 22.0 Å². The van der Waals surface area contributed by atoms with Gasteiger partial charge in [-0.2, -0.15) is 0 Å². The number of thioether (sulfide) groups is 2. The van der Waals surface area contributed by atoms with E-state index in [1.165, 1.54) is 16.7 Å². The predicted molar refractivity (Wildman–Crippen MR) is 122 cm³/mol. The molecule has 0 saturated carbocycles. The lowest BCUT2D eigenvalue weighted by Gasteiger charge is -2.15. The van der Waals surface area contributed by atoms with E-state index in [1.54, 1.807) is 22.9 Å². The number of anilines is 1. The minimum atomic E-state index is 0.0147. The van der Waals surface area contributed by atoms with Crippen LogP contribution in [0.3, 0.4) is 0 Å². The van der Waals surface area contributed by atoms with Gasteiger partial charge in [0.05, 0.1) is 21.9 Å². The predicted octanol–water partition coefficient (Wildman–Crippen LogP) is 5.23. The molecule has 0 radical (unpaired) electrons. The van der Waals surface area contributed by atoms with Gasteiger partial charge in [0.1, 0.15) is 4.91 Å². The summed E-state index contributed by atoms with van der Waals surface area (Å²) in [5.41, 5.74) is 2.88. The molecule has 0 N–H and O–H groups in total. The molecule has 1 saturated heterocycles. The van der Waals surface area contributed by atoms with Crippen LogP contribution in [0.25, 0.3) is 10.9 Å². The molecule has 0 aliphatic carbocycles. The van der Waals surface area contributed by atoms with Gasteiger partial charge in [-0.15, -0.1) is 0 Å². The van der Waals surface area contributed by atoms with Crippen LogP contribution in [0.2, 0.25) is 0 Å². The maximum atomic E-state index is 13.1. The molecular formula is C22H18N4OS2. The first-order chi connectivity index (χ1) is 14.2.